The second-order valence-corrected chi connectivity index (χ2v) is 10.1. The average molecular weight is 548 g/mol. The molecular formula is C30H28F3N5O2. The Balaban J connectivity index is 1.45. The summed E-state index contributed by atoms with van der Waals surface area (Å²) in [7, 11) is 0. The van der Waals surface area contributed by atoms with Gasteiger partial charge >= 0.3 is 6.18 Å². The Morgan fingerprint density at radius 1 is 1.02 bits per heavy atom. The van der Waals surface area contributed by atoms with E-state index >= 15 is 0 Å². The summed E-state index contributed by atoms with van der Waals surface area (Å²) in [5, 5.41) is 13.1. The van der Waals surface area contributed by atoms with Crippen molar-refractivity contribution in [2.45, 2.75) is 57.9 Å². The van der Waals surface area contributed by atoms with Crippen molar-refractivity contribution in [2.75, 3.05) is 11.1 Å². The first kappa shape index (κ1) is 27.2. The van der Waals surface area contributed by atoms with E-state index in [9.17, 15) is 23.1 Å². The number of carbonyl (C=O) groups is 1. The van der Waals surface area contributed by atoms with Crippen LogP contribution in [0.25, 0.3) is 11.0 Å². The van der Waals surface area contributed by atoms with Crippen molar-refractivity contribution < 1.29 is 23.1 Å². The first-order valence-corrected chi connectivity index (χ1v) is 12.9. The van der Waals surface area contributed by atoms with Crippen LogP contribution in [0.15, 0.2) is 48.9 Å². The van der Waals surface area contributed by atoms with E-state index in [1.807, 2.05) is 13.1 Å². The van der Waals surface area contributed by atoms with Crippen LogP contribution in [-0.4, -0.2) is 31.7 Å². The predicted octanol–water partition coefficient (Wildman–Crippen LogP) is 5.78. The molecule has 0 unspecified atom stereocenters. The highest BCUT2D eigenvalue weighted by molar-refractivity contribution is 6.04. The maximum absolute atomic E-state index is 13.3. The minimum atomic E-state index is -4.52. The number of halogens is 3. The number of benzene rings is 2. The first-order chi connectivity index (χ1) is 19.0. The Labute approximate surface area is 229 Å². The van der Waals surface area contributed by atoms with Gasteiger partial charge in [-0.3, -0.25) is 4.79 Å². The fourth-order valence-electron chi connectivity index (χ4n) is 5.06. The van der Waals surface area contributed by atoms with Crippen molar-refractivity contribution >= 4 is 28.4 Å². The van der Waals surface area contributed by atoms with Crippen LogP contribution < -0.4 is 11.1 Å². The zero-order chi connectivity index (χ0) is 28.6. The lowest BCUT2D eigenvalue weighted by Gasteiger charge is -2.26. The summed E-state index contributed by atoms with van der Waals surface area (Å²) >= 11 is 0. The third kappa shape index (κ3) is 5.51. The Hall–Kier alpha value is -4.36. The highest BCUT2D eigenvalue weighted by Gasteiger charge is 2.32. The van der Waals surface area contributed by atoms with Crippen LogP contribution in [-0.2, 0) is 6.18 Å². The van der Waals surface area contributed by atoms with Gasteiger partial charge in [0.15, 0.2) is 0 Å². The molecule has 40 heavy (non-hydrogen) atoms. The predicted molar refractivity (Wildman–Crippen MR) is 147 cm³/mol. The van der Waals surface area contributed by atoms with Crippen LogP contribution in [0.1, 0.15) is 69.9 Å². The zero-order valence-electron chi connectivity index (χ0n) is 22.0. The molecule has 0 bridgehead atoms. The maximum atomic E-state index is 13.3. The van der Waals surface area contributed by atoms with Crippen molar-refractivity contribution in [3.05, 3.63) is 82.3 Å². The van der Waals surface area contributed by atoms with Gasteiger partial charge in [-0.2, -0.15) is 13.2 Å². The average Bonchev–Trinajstić information content (AvgIpc) is 3.29. The molecule has 7 nitrogen and oxygen atoms in total. The molecule has 1 saturated carbocycles. The smallest absolute Gasteiger partial charge is 0.393 e. The topological polar surface area (TPSA) is 106 Å². The summed E-state index contributed by atoms with van der Waals surface area (Å²) in [5.74, 6) is 6.05. The van der Waals surface area contributed by atoms with Gasteiger partial charge in [-0.1, -0.05) is 24.0 Å². The molecule has 2 aromatic carbocycles. The fourth-order valence-corrected chi connectivity index (χ4v) is 5.06. The lowest BCUT2D eigenvalue weighted by atomic mass is 9.93. The third-order valence-corrected chi connectivity index (χ3v) is 7.33. The van der Waals surface area contributed by atoms with Gasteiger partial charge < -0.3 is 20.7 Å². The second-order valence-electron chi connectivity index (χ2n) is 10.1. The number of amides is 1. The summed E-state index contributed by atoms with van der Waals surface area (Å²) in [6.45, 7) is 3.23. The Kier molecular flexibility index (Phi) is 7.25. The summed E-state index contributed by atoms with van der Waals surface area (Å²) < 4.78 is 42.0. The van der Waals surface area contributed by atoms with Crippen molar-refractivity contribution in [3.63, 3.8) is 0 Å². The number of fused-ring (bicyclic) bond motifs is 1. The van der Waals surface area contributed by atoms with Crippen LogP contribution in [0.3, 0.4) is 0 Å². The number of carbonyl (C=O) groups excluding carboxylic acids is 1. The van der Waals surface area contributed by atoms with E-state index in [4.69, 9.17) is 5.73 Å². The van der Waals surface area contributed by atoms with E-state index < -0.39 is 17.6 Å². The quantitative estimate of drug-likeness (QED) is 0.282. The summed E-state index contributed by atoms with van der Waals surface area (Å²) in [6.07, 6.45) is 1.55. The number of nitrogens with one attached hydrogen (secondary N) is 1. The summed E-state index contributed by atoms with van der Waals surface area (Å²) in [6, 6.07) is 8.80. The molecule has 0 spiro atoms. The van der Waals surface area contributed by atoms with Gasteiger partial charge in [0.25, 0.3) is 5.91 Å². The molecule has 10 heteroatoms. The number of nitrogen functional groups attached to an aromatic ring is 1. The molecule has 4 N–H and O–H groups in total. The molecular weight excluding hydrogens is 519 g/mol. The Bertz CT molecular complexity index is 1660. The SMILES string of the molecule is Cc1ccc(C(=O)Nc2ccc(C)c(C(F)(F)F)c2)cc1C#Cc1cn([C@H]2CC[C@H](O)CC2)c2ncnc(N)c12. The van der Waals surface area contributed by atoms with E-state index in [0.29, 0.717) is 40.8 Å². The van der Waals surface area contributed by atoms with E-state index in [1.54, 1.807) is 18.2 Å². The first-order valence-electron chi connectivity index (χ1n) is 12.9. The molecule has 4 aromatic rings. The number of hydrogen-bond donors (Lipinski definition) is 3. The van der Waals surface area contributed by atoms with Gasteiger partial charge in [0, 0.05) is 29.1 Å². The molecule has 2 aromatic heterocycles. The Morgan fingerprint density at radius 2 is 1.73 bits per heavy atom. The molecule has 1 amide bonds. The van der Waals surface area contributed by atoms with Crippen LogP contribution in [0.4, 0.5) is 24.7 Å². The number of aromatic nitrogens is 3. The number of rotatable bonds is 3. The number of anilines is 2. The molecule has 0 radical (unpaired) electrons. The summed E-state index contributed by atoms with van der Waals surface area (Å²) in [4.78, 5) is 21.5. The van der Waals surface area contributed by atoms with E-state index in [-0.39, 0.29) is 29.0 Å². The number of alkyl halides is 3. The normalized spacial score (nSPS) is 17.4. The molecule has 2 heterocycles. The van der Waals surface area contributed by atoms with Gasteiger partial charge in [-0.25, -0.2) is 9.97 Å². The molecule has 0 saturated heterocycles. The standard InChI is InChI=1S/C30H28F3N5O2/c1-17-3-5-20(29(40)37-22-8-4-18(2)25(14-22)30(31,32)33)13-19(17)6-7-21-15-38(23-9-11-24(39)12-10-23)28-26(21)27(34)35-16-36-28/h3-5,8,13-16,23-24,39H,9-12H2,1-2H3,(H,37,40)(H2,34,35,36)/t23-,24-. The molecule has 1 aliphatic rings. The van der Waals surface area contributed by atoms with Crippen LogP contribution in [0, 0.1) is 25.7 Å². The fraction of sp³-hybridized carbons (Fsp3) is 0.300. The maximum Gasteiger partial charge on any atom is 0.416 e. The van der Waals surface area contributed by atoms with Gasteiger partial charge in [0.1, 0.15) is 17.8 Å². The van der Waals surface area contributed by atoms with Crippen LogP contribution >= 0.6 is 0 Å². The van der Waals surface area contributed by atoms with Crippen molar-refractivity contribution in [3.8, 4) is 11.8 Å². The monoisotopic (exact) mass is 547 g/mol. The van der Waals surface area contributed by atoms with Gasteiger partial charge in [0.05, 0.1) is 22.6 Å². The van der Waals surface area contributed by atoms with E-state index in [1.165, 1.54) is 25.4 Å². The highest BCUT2D eigenvalue weighted by atomic mass is 19.4. The lowest BCUT2D eigenvalue weighted by Crippen LogP contribution is -2.20. The lowest BCUT2D eigenvalue weighted by molar-refractivity contribution is -0.138. The van der Waals surface area contributed by atoms with Gasteiger partial charge in [0.2, 0.25) is 0 Å². The molecule has 1 aliphatic carbocycles. The van der Waals surface area contributed by atoms with E-state index in [2.05, 4.69) is 31.7 Å². The van der Waals surface area contributed by atoms with Crippen molar-refractivity contribution in [1.82, 2.24) is 14.5 Å². The highest BCUT2D eigenvalue weighted by Crippen LogP contribution is 2.35. The zero-order valence-corrected chi connectivity index (χ0v) is 22.0. The number of nitrogens with two attached hydrogens (primary N) is 1. The van der Waals surface area contributed by atoms with Crippen LogP contribution in [0.2, 0.25) is 0 Å². The Morgan fingerprint density at radius 3 is 2.45 bits per heavy atom. The molecule has 0 aliphatic heterocycles. The van der Waals surface area contributed by atoms with Crippen molar-refractivity contribution in [2.24, 2.45) is 0 Å². The molecule has 5 rings (SSSR count). The number of aliphatic hydroxyl groups excluding tert-OH is 1. The number of hydrogen-bond acceptors (Lipinski definition) is 5. The molecule has 1 fully saturated rings. The second kappa shape index (κ2) is 10.7. The molecule has 206 valence electrons. The molecule has 0 atom stereocenters. The summed E-state index contributed by atoms with van der Waals surface area (Å²) in [5.41, 5.74) is 8.54. The minimum absolute atomic E-state index is 0.0506. The van der Waals surface area contributed by atoms with Crippen molar-refractivity contribution in [1.29, 1.82) is 0 Å². The minimum Gasteiger partial charge on any atom is -0.393 e. The largest absolute Gasteiger partial charge is 0.416 e. The number of nitrogens with zero attached hydrogens (tertiary/aromatic N) is 3. The number of aryl methyl sites for hydroxylation is 2. The van der Waals surface area contributed by atoms with Gasteiger partial charge in [-0.05, 0) is 74.9 Å². The van der Waals surface area contributed by atoms with Gasteiger partial charge in [-0.15, -0.1) is 0 Å². The van der Waals surface area contributed by atoms with E-state index in [0.717, 1.165) is 24.5 Å². The third-order valence-electron chi connectivity index (χ3n) is 7.33. The van der Waals surface area contributed by atoms with Crippen LogP contribution in [0.5, 0.6) is 0 Å². The number of aliphatic hydroxyl groups is 1.